The van der Waals surface area contributed by atoms with E-state index in [2.05, 4.69) is 10.6 Å². The lowest BCUT2D eigenvalue weighted by molar-refractivity contribution is -0.121. The van der Waals surface area contributed by atoms with Crippen molar-refractivity contribution in [1.82, 2.24) is 5.32 Å². The second-order valence-electron chi connectivity index (χ2n) is 4.34. The highest BCUT2D eigenvalue weighted by molar-refractivity contribution is 7.98. The van der Waals surface area contributed by atoms with E-state index in [0.29, 0.717) is 0 Å². The zero-order valence-corrected chi connectivity index (χ0v) is 11.6. The molecule has 0 saturated carbocycles. The summed E-state index contributed by atoms with van der Waals surface area (Å²) in [5.74, 6) is -0.0161. The van der Waals surface area contributed by atoms with E-state index in [1.807, 2.05) is 51.3 Å². The number of amides is 1. The number of thioether (sulfide) groups is 1. The predicted octanol–water partition coefficient (Wildman–Crippen LogP) is 2.74. The van der Waals surface area contributed by atoms with E-state index in [1.54, 1.807) is 11.8 Å². The normalized spacial score (nSPS) is 11.3. The Bertz CT molecular complexity index is 391. The van der Waals surface area contributed by atoms with Crippen LogP contribution < -0.4 is 10.6 Å². The fraction of sp³-hybridized carbons (Fsp3) is 0.462. The van der Waals surface area contributed by atoms with Crippen LogP contribution in [0.4, 0.5) is 5.69 Å². The number of carbonyl (C=O) groups is 1. The van der Waals surface area contributed by atoms with Crippen molar-refractivity contribution in [2.45, 2.75) is 31.2 Å². The van der Waals surface area contributed by atoms with Crippen molar-refractivity contribution in [2.75, 3.05) is 18.1 Å². The third kappa shape index (κ3) is 4.06. The summed E-state index contributed by atoms with van der Waals surface area (Å²) in [6.45, 7) is 6.52. The minimum absolute atomic E-state index is 0.0161. The highest BCUT2D eigenvalue weighted by Crippen LogP contribution is 2.19. The lowest BCUT2D eigenvalue weighted by Crippen LogP contribution is -2.49. The minimum atomic E-state index is -0.551. The van der Waals surface area contributed by atoms with Gasteiger partial charge in [0.05, 0.1) is 5.54 Å². The van der Waals surface area contributed by atoms with Gasteiger partial charge in [0.25, 0.3) is 0 Å². The van der Waals surface area contributed by atoms with Gasteiger partial charge in [-0.1, -0.05) is 13.0 Å². The second kappa shape index (κ2) is 6.07. The molecule has 17 heavy (non-hydrogen) atoms. The van der Waals surface area contributed by atoms with Gasteiger partial charge in [0.1, 0.15) is 0 Å². The van der Waals surface area contributed by atoms with Gasteiger partial charge in [0.2, 0.25) is 5.91 Å². The summed E-state index contributed by atoms with van der Waals surface area (Å²) in [5, 5.41) is 6.08. The molecule has 94 valence electrons. The van der Waals surface area contributed by atoms with Crippen molar-refractivity contribution in [2.24, 2.45) is 0 Å². The number of rotatable bonds is 5. The van der Waals surface area contributed by atoms with Gasteiger partial charge in [-0.2, -0.15) is 0 Å². The van der Waals surface area contributed by atoms with Crippen LogP contribution in [0.1, 0.15) is 20.8 Å². The summed E-state index contributed by atoms with van der Waals surface area (Å²) in [6.07, 6.45) is 2.02. The van der Waals surface area contributed by atoms with E-state index in [4.69, 9.17) is 0 Å². The Labute approximate surface area is 107 Å². The first kappa shape index (κ1) is 14.1. The SMILES string of the molecule is CCNC(C)(C)C(=O)Nc1cccc(SC)c1. The third-order valence-corrected chi connectivity index (χ3v) is 3.24. The van der Waals surface area contributed by atoms with Crippen LogP contribution in [-0.2, 0) is 4.79 Å². The van der Waals surface area contributed by atoms with Crippen LogP contribution in [-0.4, -0.2) is 24.2 Å². The first-order valence-electron chi connectivity index (χ1n) is 5.70. The summed E-state index contributed by atoms with van der Waals surface area (Å²) < 4.78 is 0. The number of anilines is 1. The van der Waals surface area contributed by atoms with Crippen LogP contribution in [0.15, 0.2) is 29.2 Å². The Balaban J connectivity index is 2.73. The first-order valence-corrected chi connectivity index (χ1v) is 6.92. The molecule has 1 amide bonds. The molecule has 0 aromatic heterocycles. The zero-order valence-electron chi connectivity index (χ0n) is 10.8. The molecule has 0 fully saturated rings. The summed E-state index contributed by atoms with van der Waals surface area (Å²) in [4.78, 5) is 13.2. The standard InChI is InChI=1S/C13H20N2OS/c1-5-14-13(2,3)12(16)15-10-7-6-8-11(9-10)17-4/h6-9,14H,5H2,1-4H3,(H,15,16). The Morgan fingerprint density at radius 2 is 2.12 bits per heavy atom. The average molecular weight is 252 g/mol. The van der Waals surface area contributed by atoms with Crippen molar-refractivity contribution >= 4 is 23.4 Å². The predicted molar refractivity (Wildman–Crippen MR) is 74.6 cm³/mol. The van der Waals surface area contributed by atoms with E-state index < -0.39 is 5.54 Å². The van der Waals surface area contributed by atoms with Crippen LogP contribution in [0, 0.1) is 0 Å². The van der Waals surface area contributed by atoms with Crippen LogP contribution in [0.25, 0.3) is 0 Å². The molecule has 2 N–H and O–H groups in total. The summed E-state index contributed by atoms with van der Waals surface area (Å²) in [6, 6.07) is 7.85. The Kier molecular flexibility index (Phi) is 5.02. The van der Waals surface area contributed by atoms with Crippen molar-refractivity contribution in [3.05, 3.63) is 24.3 Å². The molecule has 0 aliphatic heterocycles. The summed E-state index contributed by atoms with van der Waals surface area (Å²) in [7, 11) is 0. The van der Waals surface area contributed by atoms with Crippen molar-refractivity contribution in [3.63, 3.8) is 0 Å². The Hall–Kier alpha value is -1.00. The molecule has 0 bridgehead atoms. The first-order chi connectivity index (χ1) is 7.99. The van der Waals surface area contributed by atoms with Crippen LogP contribution in [0.5, 0.6) is 0 Å². The second-order valence-corrected chi connectivity index (χ2v) is 5.22. The molecule has 0 atom stereocenters. The quantitative estimate of drug-likeness (QED) is 0.792. The van der Waals surface area contributed by atoms with Gasteiger partial charge in [-0.15, -0.1) is 11.8 Å². The molecule has 0 aliphatic rings. The molecule has 1 rings (SSSR count). The summed E-state index contributed by atoms with van der Waals surface area (Å²) in [5.41, 5.74) is 0.289. The fourth-order valence-electron chi connectivity index (χ4n) is 1.51. The average Bonchev–Trinajstić information content (AvgIpc) is 2.29. The molecule has 1 aromatic carbocycles. The highest BCUT2D eigenvalue weighted by Gasteiger charge is 2.25. The summed E-state index contributed by atoms with van der Waals surface area (Å²) >= 11 is 1.66. The smallest absolute Gasteiger partial charge is 0.244 e. The number of likely N-dealkylation sites (N-methyl/N-ethyl adjacent to an activating group) is 1. The lowest BCUT2D eigenvalue weighted by atomic mass is 10.0. The van der Waals surface area contributed by atoms with E-state index in [1.165, 1.54) is 0 Å². The highest BCUT2D eigenvalue weighted by atomic mass is 32.2. The van der Waals surface area contributed by atoms with Crippen LogP contribution in [0.3, 0.4) is 0 Å². The van der Waals surface area contributed by atoms with Gasteiger partial charge >= 0.3 is 0 Å². The molecule has 4 heteroatoms. The van der Waals surface area contributed by atoms with E-state index >= 15 is 0 Å². The van der Waals surface area contributed by atoms with Gasteiger partial charge in [-0.05, 0) is 44.8 Å². The van der Waals surface area contributed by atoms with Crippen molar-refractivity contribution < 1.29 is 4.79 Å². The number of nitrogens with one attached hydrogen (secondary N) is 2. The Morgan fingerprint density at radius 3 is 2.71 bits per heavy atom. The molecule has 0 unspecified atom stereocenters. The molecule has 0 saturated heterocycles. The number of hydrogen-bond donors (Lipinski definition) is 2. The fourth-order valence-corrected chi connectivity index (χ4v) is 1.97. The van der Waals surface area contributed by atoms with E-state index in [0.717, 1.165) is 17.1 Å². The topological polar surface area (TPSA) is 41.1 Å². The molecule has 0 heterocycles. The largest absolute Gasteiger partial charge is 0.324 e. The maximum absolute atomic E-state index is 12.0. The minimum Gasteiger partial charge on any atom is -0.324 e. The molecule has 0 radical (unpaired) electrons. The number of benzene rings is 1. The molecule has 1 aromatic rings. The zero-order chi connectivity index (χ0) is 12.9. The van der Waals surface area contributed by atoms with E-state index in [9.17, 15) is 4.79 Å². The molecule has 0 spiro atoms. The van der Waals surface area contributed by atoms with Gasteiger partial charge in [-0.3, -0.25) is 4.79 Å². The van der Waals surface area contributed by atoms with Gasteiger partial charge in [-0.25, -0.2) is 0 Å². The maximum Gasteiger partial charge on any atom is 0.244 e. The molecular weight excluding hydrogens is 232 g/mol. The monoisotopic (exact) mass is 252 g/mol. The lowest BCUT2D eigenvalue weighted by Gasteiger charge is -2.24. The third-order valence-electron chi connectivity index (χ3n) is 2.51. The van der Waals surface area contributed by atoms with Crippen molar-refractivity contribution in [1.29, 1.82) is 0 Å². The van der Waals surface area contributed by atoms with Gasteiger partial charge < -0.3 is 10.6 Å². The van der Waals surface area contributed by atoms with E-state index in [-0.39, 0.29) is 5.91 Å². The molecular formula is C13H20N2OS. The molecule has 0 aliphatic carbocycles. The van der Waals surface area contributed by atoms with Crippen LogP contribution >= 0.6 is 11.8 Å². The van der Waals surface area contributed by atoms with Gasteiger partial charge in [0, 0.05) is 10.6 Å². The maximum atomic E-state index is 12.0. The number of hydrogen-bond acceptors (Lipinski definition) is 3. The molecule has 3 nitrogen and oxygen atoms in total. The number of carbonyl (C=O) groups excluding carboxylic acids is 1. The van der Waals surface area contributed by atoms with Gasteiger partial charge in [0.15, 0.2) is 0 Å². The Morgan fingerprint density at radius 1 is 1.41 bits per heavy atom. The van der Waals surface area contributed by atoms with Crippen LogP contribution in [0.2, 0.25) is 0 Å². The van der Waals surface area contributed by atoms with Crippen molar-refractivity contribution in [3.8, 4) is 0 Å².